The number of nitrogens with zero attached hydrogens (tertiary/aromatic N) is 4. The van der Waals surface area contributed by atoms with Crippen LogP contribution in [0.4, 0.5) is 4.79 Å². The van der Waals surface area contributed by atoms with E-state index >= 15 is 0 Å². The van der Waals surface area contributed by atoms with Crippen LogP contribution < -0.4 is 10.6 Å². The van der Waals surface area contributed by atoms with Crippen molar-refractivity contribution >= 4 is 6.03 Å². The van der Waals surface area contributed by atoms with Gasteiger partial charge in [0.15, 0.2) is 5.82 Å². The van der Waals surface area contributed by atoms with Crippen molar-refractivity contribution in [2.45, 2.75) is 64.6 Å². The normalized spacial score (nSPS) is 17.6. The maximum Gasteiger partial charge on any atom is 0.315 e. The molecule has 2 unspecified atom stereocenters. The van der Waals surface area contributed by atoms with E-state index in [0.717, 1.165) is 56.0 Å². The minimum absolute atomic E-state index is 0.0844. The summed E-state index contributed by atoms with van der Waals surface area (Å²) in [6.07, 6.45) is 6.26. The molecule has 0 spiro atoms. The van der Waals surface area contributed by atoms with Gasteiger partial charge in [0.05, 0.1) is 17.8 Å². The molecule has 0 fully saturated rings. The highest BCUT2D eigenvalue weighted by atomic mass is 16.2. The van der Waals surface area contributed by atoms with E-state index in [4.69, 9.17) is 0 Å². The average Bonchev–Trinajstić information content (AvgIpc) is 3.06. The van der Waals surface area contributed by atoms with Gasteiger partial charge in [-0.05, 0) is 31.4 Å². The third kappa shape index (κ3) is 4.15. The Morgan fingerprint density at radius 2 is 2.28 bits per heavy atom. The van der Waals surface area contributed by atoms with E-state index in [1.165, 1.54) is 0 Å². The molecule has 0 saturated heterocycles. The Labute approximate surface area is 148 Å². The quantitative estimate of drug-likeness (QED) is 0.845. The Balaban J connectivity index is 1.67. The van der Waals surface area contributed by atoms with Crippen molar-refractivity contribution in [2.75, 3.05) is 0 Å². The summed E-state index contributed by atoms with van der Waals surface area (Å²) in [5.74, 6) is 1.70. The van der Waals surface area contributed by atoms with Crippen LogP contribution in [0, 0.1) is 0 Å². The van der Waals surface area contributed by atoms with Crippen LogP contribution in [0.5, 0.6) is 0 Å². The fraction of sp³-hybridized carbons (Fsp3) is 0.556. The molecule has 0 saturated carbocycles. The van der Waals surface area contributed by atoms with E-state index in [1.807, 2.05) is 29.8 Å². The standard InChI is InChI=1S/C18H26N6O/c1-3-8-14(13-9-5-6-11-19-13)20-18(25)21-15-10-7-12-24-17(15)22-16(4-2)23-24/h5-6,9,11,14-15H,3-4,7-8,10,12H2,1-2H3,(H2,20,21,25). The van der Waals surface area contributed by atoms with Crippen LogP contribution in [-0.4, -0.2) is 25.8 Å². The Kier molecular flexibility index (Phi) is 5.63. The van der Waals surface area contributed by atoms with E-state index < -0.39 is 0 Å². The second kappa shape index (κ2) is 8.09. The fourth-order valence-corrected chi connectivity index (χ4v) is 3.21. The summed E-state index contributed by atoms with van der Waals surface area (Å²) in [5, 5.41) is 10.6. The maximum absolute atomic E-state index is 12.5. The number of pyridine rings is 1. The molecule has 1 aliphatic rings. The number of aryl methyl sites for hydroxylation is 2. The van der Waals surface area contributed by atoms with Crippen LogP contribution in [0.1, 0.15) is 69.0 Å². The van der Waals surface area contributed by atoms with Crippen LogP contribution in [0.25, 0.3) is 0 Å². The number of rotatable bonds is 6. The number of hydrogen-bond donors (Lipinski definition) is 2. The van der Waals surface area contributed by atoms with Crippen molar-refractivity contribution in [1.82, 2.24) is 30.4 Å². The van der Waals surface area contributed by atoms with Gasteiger partial charge < -0.3 is 10.6 Å². The summed E-state index contributed by atoms with van der Waals surface area (Å²) in [4.78, 5) is 21.5. The van der Waals surface area contributed by atoms with Crippen LogP contribution in [0.15, 0.2) is 24.4 Å². The number of fused-ring (bicyclic) bond motifs is 1. The zero-order valence-electron chi connectivity index (χ0n) is 14.9. The van der Waals surface area contributed by atoms with Gasteiger partial charge in [0, 0.05) is 19.2 Å². The molecule has 0 aliphatic carbocycles. The van der Waals surface area contributed by atoms with E-state index in [2.05, 4.69) is 32.6 Å². The Morgan fingerprint density at radius 3 is 3.00 bits per heavy atom. The first-order valence-electron chi connectivity index (χ1n) is 9.12. The average molecular weight is 342 g/mol. The summed E-state index contributed by atoms with van der Waals surface area (Å²) in [6.45, 7) is 5.01. The van der Waals surface area contributed by atoms with Crippen molar-refractivity contribution in [2.24, 2.45) is 0 Å². The number of aromatic nitrogens is 4. The van der Waals surface area contributed by atoms with Gasteiger partial charge in [0.1, 0.15) is 5.82 Å². The summed E-state index contributed by atoms with van der Waals surface area (Å²) in [6, 6.07) is 5.42. The van der Waals surface area contributed by atoms with Crippen molar-refractivity contribution in [3.63, 3.8) is 0 Å². The van der Waals surface area contributed by atoms with Gasteiger partial charge in [0.25, 0.3) is 0 Å². The Morgan fingerprint density at radius 1 is 1.40 bits per heavy atom. The topological polar surface area (TPSA) is 84.7 Å². The van der Waals surface area contributed by atoms with Gasteiger partial charge in [-0.2, -0.15) is 5.10 Å². The molecule has 7 nitrogen and oxygen atoms in total. The first-order chi connectivity index (χ1) is 12.2. The molecule has 0 radical (unpaired) electrons. The lowest BCUT2D eigenvalue weighted by Gasteiger charge is -2.25. The van der Waals surface area contributed by atoms with Crippen molar-refractivity contribution in [3.05, 3.63) is 41.7 Å². The second-order valence-electron chi connectivity index (χ2n) is 6.37. The third-order valence-electron chi connectivity index (χ3n) is 4.47. The zero-order chi connectivity index (χ0) is 17.6. The van der Waals surface area contributed by atoms with Crippen molar-refractivity contribution < 1.29 is 4.79 Å². The summed E-state index contributed by atoms with van der Waals surface area (Å²) in [5.41, 5.74) is 0.889. The molecule has 7 heteroatoms. The molecule has 0 aromatic carbocycles. The van der Waals surface area contributed by atoms with Crippen LogP contribution in [0.3, 0.4) is 0 Å². The minimum atomic E-state index is -0.177. The van der Waals surface area contributed by atoms with Gasteiger partial charge in [-0.25, -0.2) is 14.5 Å². The summed E-state index contributed by atoms with van der Waals surface area (Å²) < 4.78 is 1.93. The van der Waals surface area contributed by atoms with Gasteiger partial charge in [-0.1, -0.05) is 26.3 Å². The van der Waals surface area contributed by atoms with E-state index in [-0.39, 0.29) is 18.1 Å². The molecular formula is C18H26N6O. The molecule has 25 heavy (non-hydrogen) atoms. The highest BCUT2D eigenvalue weighted by Crippen LogP contribution is 2.23. The number of amides is 2. The zero-order valence-corrected chi connectivity index (χ0v) is 14.9. The largest absolute Gasteiger partial charge is 0.330 e. The Bertz CT molecular complexity index is 699. The highest BCUT2D eigenvalue weighted by molar-refractivity contribution is 5.74. The molecule has 2 N–H and O–H groups in total. The third-order valence-corrected chi connectivity index (χ3v) is 4.47. The van der Waals surface area contributed by atoms with Gasteiger partial charge in [0.2, 0.25) is 0 Å². The van der Waals surface area contributed by atoms with Gasteiger partial charge in [-0.15, -0.1) is 0 Å². The van der Waals surface area contributed by atoms with Crippen LogP contribution in [-0.2, 0) is 13.0 Å². The molecule has 0 bridgehead atoms. The van der Waals surface area contributed by atoms with E-state index in [9.17, 15) is 4.79 Å². The van der Waals surface area contributed by atoms with Crippen molar-refractivity contribution in [3.8, 4) is 0 Å². The molecular weight excluding hydrogens is 316 g/mol. The lowest BCUT2D eigenvalue weighted by Crippen LogP contribution is -2.42. The second-order valence-corrected chi connectivity index (χ2v) is 6.37. The summed E-state index contributed by atoms with van der Waals surface area (Å²) in [7, 11) is 0. The van der Waals surface area contributed by atoms with Crippen LogP contribution in [0.2, 0.25) is 0 Å². The molecule has 3 heterocycles. The lowest BCUT2D eigenvalue weighted by atomic mass is 10.1. The molecule has 1 aliphatic heterocycles. The molecule has 134 valence electrons. The van der Waals surface area contributed by atoms with E-state index in [0.29, 0.717) is 0 Å². The number of carbonyl (C=O) groups excluding carboxylic acids is 1. The number of urea groups is 1. The molecule has 2 aromatic heterocycles. The Hall–Kier alpha value is -2.44. The predicted octanol–water partition coefficient (Wildman–Crippen LogP) is 2.91. The molecule has 2 atom stereocenters. The first kappa shape index (κ1) is 17.4. The van der Waals surface area contributed by atoms with Crippen LogP contribution >= 0.6 is 0 Å². The highest BCUT2D eigenvalue weighted by Gasteiger charge is 2.26. The number of carbonyl (C=O) groups is 1. The number of hydrogen-bond acceptors (Lipinski definition) is 4. The number of nitrogens with one attached hydrogen (secondary N) is 2. The monoisotopic (exact) mass is 342 g/mol. The first-order valence-corrected chi connectivity index (χ1v) is 9.12. The molecule has 2 aromatic rings. The van der Waals surface area contributed by atoms with Crippen molar-refractivity contribution in [1.29, 1.82) is 0 Å². The van der Waals surface area contributed by atoms with E-state index in [1.54, 1.807) is 6.20 Å². The van der Waals surface area contributed by atoms with Gasteiger partial charge >= 0.3 is 6.03 Å². The molecule has 3 rings (SSSR count). The SMILES string of the molecule is CCCC(NC(=O)NC1CCCn2nc(CC)nc21)c1ccccn1. The molecule has 2 amide bonds. The predicted molar refractivity (Wildman–Crippen MR) is 94.9 cm³/mol. The minimum Gasteiger partial charge on any atom is -0.330 e. The smallest absolute Gasteiger partial charge is 0.315 e. The lowest BCUT2D eigenvalue weighted by molar-refractivity contribution is 0.228. The fourth-order valence-electron chi connectivity index (χ4n) is 3.21. The van der Waals surface area contributed by atoms with Gasteiger partial charge in [-0.3, -0.25) is 4.98 Å². The summed E-state index contributed by atoms with van der Waals surface area (Å²) >= 11 is 0. The maximum atomic E-state index is 12.5.